The summed E-state index contributed by atoms with van der Waals surface area (Å²) in [5, 5.41) is 6.28. The van der Waals surface area contributed by atoms with Crippen LogP contribution >= 0.6 is 0 Å². The molecule has 0 aliphatic carbocycles. The molecule has 0 bridgehead atoms. The number of terminal acetylenes is 1. The van der Waals surface area contributed by atoms with Crippen LogP contribution in [0, 0.1) is 18.3 Å². The van der Waals surface area contributed by atoms with Crippen molar-refractivity contribution in [3.63, 3.8) is 0 Å². The molecule has 1 saturated heterocycles. The van der Waals surface area contributed by atoms with Crippen molar-refractivity contribution in [2.24, 2.45) is 5.92 Å². The molecule has 0 aromatic rings. The Bertz CT molecular complexity index is 238. The minimum absolute atomic E-state index is 0.150. The maximum Gasteiger partial charge on any atom is 0.223 e. The molecule has 3 nitrogen and oxygen atoms in total. The first-order chi connectivity index (χ1) is 7.27. The van der Waals surface area contributed by atoms with Crippen molar-refractivity contribution in [1.82, 2.24) is 10.6 Å². The average Bonchev–Trinajstić information content (AvgIpc) is 2.29. The van der Waals surface area contributed by atoms with Crippen molar-refractivity contribution >= 4 is 5.91 Å². The highest BCUT2D eigenvalue weighted by Gasteiger charge is 2.22. The van der Waals surface area contributed by atoms with Crippen molar-refractivity contribution in [2.45, 2.75) is 38.6 Å². The lowest BCUT2D eigenvalue weighted by Crippen LogP contribution is -2.42. The first-order valence-electron chi connectivity index (χ1n) is 5.72. The Labute approximate surface area is 92.0 Å². The number of carbonyl (C=O) groups is 1. The van der Waals surface area contributed by atoms with Gasteiger partial charge in [-0.05, 0) is 32.4 Å². The van der Waals surface area contributed by atoms with Crippen LogP contribution in [0.5, 0.6) is 0 Å². The van der Waals surface area contributed by atoms with Gasteiger partial charge in [0.25, 0.3) is 0 Å². The zero-order valence-corrected chi connectivity index (χ0v) is 9.38. The summed E-state index contributed by atoms with van der Waals surface area (Å²) in [6.45, 7) is 3.94. The predicted molar refractivity (Wildman–Crippen MR) is 61.3 cm³/mol. The van der Waals surface area contributed by atoms with Gasteiger partial charge in [0, 0.05) is 18.4 Å². The average molecular weight is 208 g/mol. The molecule has 1 heterocycles. The van der Waals surface area contributed by atoms with Crippen molar-refractivity contribution in [3.8, 4) is 12.3 Å². The highest BCUT2D eigenvalue weighted by Crippen LogP contribution is 2.12. The second-order valence-corrected chi connectivity index (χ2v) is 4.05. The molecule has 2 N–H and O–H groups in total. The van der Waals surface area contributed by atoms with Crippen molar-refractivity contribution in [2.75, 3.05) is 13.1 Å². The molecule has 0 aromatic carbocycles. The fourth-order valence-corrected chi connectivity index (χ4v) is 1.84. The topological polar surface area (TPSA) is 41.1 Å². The minimum atomic E-state index is 0.150. The number of amides is 1. The van der Waals surface area contributed by atoms with Crippen LogP contribution in [0.2, 0.25) is 0 Å². The van der Waals surface area contributed by atoms with Crippen LogP contribution in [0.4, 0.5) is 0 Å². The summed E-state index contributed by atoms with van der Waals surface area (Å²) in [6, 6.07) is 0.150. The van der Waals surface area contributed by atoms with Gasteiger partial charge in [-0.25, -0.2) is 0 Å². The maximum absolute atomic E-state index is 11.8. The molecule has 1 aliphatic heterocycles. The van der Waals surface area contributed by atoms with Gasteiger partial charge >= 0.3 is 0 Å². The third-order valence-corrected chi connectivity index (χ3v) is 2.91. The number of hydrogen-bond donors (Lipinski definition) is 2. The summed E-state index contributed by atoms with van der Waals surface area (Å²) in [6.07, 6.45) is 8.67. The van der Waals surface area contributed by atoms with Gasteiger partial charge in [0.1, 0.15) is 0 Å². The fourth-order valence-electron chi connectivity index (χ4n) is 1.84. The van der Waals surface area contributed by atoms with E-state index in [0.29, 0.717) is 6.42 Å². The number of rotatable bonds is 4. The van der Waals surface area contributed by atoms with E-state index in [1.54, 1.807) is 0 Å². The molecule has 1 atom stereocenters. The van der Waals surface area contributed by atoms with E-state index in [2.05, 4.69) is 16.6 Å². The van der Waals surface area contributed by atoms with E-state index in [1.807, 2.05) is 6.92 Å². The second kappa shape index (κ2) is 6.47. The Kier molecular flexibility index (Phi) is 5.20. The van der Waals surface area contributed by atoms with Crippen LogP contribution in [0.25, 0.3) is 0 Å². The Morgan fingerprint density at radius 1 is 1.60 bits per heavy atom. The normalized spacial score (nSPS) is 19.2. The number of nitrogens with one attached hydrogen (secondary N) is 2. The van der Waals surface area contributed by atoms with Crippen molar-refractivity contribution < 1.29 is 4.79 Å². The van der Waals surface area contributed by atoms with Gasteiger partial charge in [-0.3, -0.25) is 4.79 Å². The van der Waals surface area contributed by atoms with Gasteiger partial charge in [0.15, 0.2) is 0 Å². The Balaban J connectivity index is 2.35. The van der Waals surface area contributed by atoms with E-state index in [-0.39, 0.29) is 17.9 Å². The zero-order valence-electron chi connectivity index (χ0n) is 9.38. The summed E-state index contributed by atoms with van der Waals surface area (Å²) in [5.74, 6) is 2.96. The van der Waals surface area contributed by atoms with Gasteiger partial charge < -0.3 is 10.6 Å². The Morgan fingerprint density at radius 2 is 2.27 bits per heavy atom. The second-order valence-electron chi connectivity index (χ2n) is 4.05. The van der Waals surface area contributed by atoms with Crippen LogP contribution in [0.15, 0.2) is 0 Å². The van der Waals surface area contributed by atoms with E-state index in [4.69, 9.17) is 6.42 Å². The molecule has 0 saturated carbocycles. The quantitative estimate of drug-likeness (QED) is 0.674. The molecule has 0 radical (unpaired) electrons. The third-order valence-electron chi connectivity index (χ3n) is 2.91. The molecule has 3 heteroatoms. The number of piperidine rings is 1. The van der Waals surface area contributed by atoms with Crippen LogP contribution in [-0.4, -0.2) is 25.0 Å². The van der Waals surface area contributed by atoms with Crippen molar-refractivity contribution in [1.29, 1.82) is 0 Å². The van der Waals surface area contributed by atoms with Crippen LogP contribution in [0.1, 0.15) is 32.6 Å². The van der Waals surface area contributed by atoms with Gasteiger partial charge in [-0.2, -0.15) is 0 Å². The van der Waals surface area contributed by atoms with Gasteiger partial charge in [-0.1, -0.05) is 6.92 Å². The maximum atomic E-state index is 11.8. The van der Waals surface area contributed by atoms with Crippen LogP contribution in [-0.2, 0) is 4.79 Å². The van der Waals surface area contributed by atoms with E-state index in [1.165, 1.54) is 0 Å². The number of hydrogen-bond acceptors (Lipinski definition) is 2. The fraction of sp³-hybridized carbons (Fsp3) is 0.750. The first-order valence-corrected chi connectivity index (χ1v) is 5.72. The molecule has 1 rings (SSSR count). The van der Waals surface area contributed by atoms with Gasteiger partial charge in [0.2, 0.25) is 5.91 Å². The Hall–Kier alpha value is -1.01. The summed E-state index contributed by atoms with van der Waals surface area (Å²) in [4.78, 5) is 11.8. The largest absolute Gasteiger partial charge is 0.352 e. The lowest BCUT2D eigenvalue weighted by Gasteiger charge is -2.24. The molecule has 1 amide bonds. The molecule has 84 valence electrons. The van der Waals surface area contributed by atoms with Crippen molar-refractivity contribution in [3.05, 3.63) is 0 Å². The summed E-state index contributed by atoms with van der Waals surface area (Å²) in [5.41, 5.74) is 0. The monoisotopic (exact) mass is 208 g/mol. The molecule has 1 fully saturated rings. The van der Waals surface area contributed by atoms with E-state index >= 15 is 0 Å². The SMILES string of the molecule is C#CCC(CC)NC(=O)C1CCNCC1. The lowest BCUT2D eigenvalue weighted by molar-refractivity contribution is -0.126. The number of carbonyl (C=O) groups excluding carboxylic acids is 1. The molecule has 0 spiro atoms. The summed E-state index contributed by atoms with van der Waals surface area (Å²) >= 11 is 0. The zero-order chi connectivity index (χ0) is 11.1. The smallest absolute Gasteiger partial charge is 0.223 e. The van der Waals surface area contributed by atoms with E-state index in [0.717, 1.165) is 32.4 Å². The Morgan fingerprint density at radius 3 is 2.80 bits per heavy atom. The lowest BCUT2D eigenvalue weighted by atomic mass is 9.96. The third kappa shape index (κ3) is 3.93. The molecule has 1 unspecified atom stereocenters. The molecular weight excluding hydrogens is 188 g/mol. The predicted octanol–water partition coefficient (Wildman–Crippen LogP) is 0.904. The standard InChI is InChI=1S/C12H20N2O/c1-3-5-11(4-2)14-12(15)10-6-8-13-9-7-10/h1,10-11,13H,4-9H2,2H3,(H,14,15). The van der Waals surface area contributed by atoms with Gasteiger partial charge in [-0.15, -0.1) is 12.3 Å². The molecular formula is C12H20N2O. The van der Waals surface area contributed by atoms with Crippen LogP contribution < -0.4 is 10.6 Å². The molecule has 15 heavy (non-hydrogen) atoms. The van der Waals surface area contributed by atoms with E-state index < -0.39 is 0 Å². The van der Waals surface area contributed by atoms with Crippen LogP contribution in [0.3, 0.4) is 0 Å². The minimum Gasteiger partial charge on any atom is -0.352 e. The summed E-state index contributed by atoms with van der Waals surface area (Å²) in [7, 11) is 0. The van der Waals surface area contributed by atoms with Gasteiger partial charge in [0.05, 0.1) is 0 Å². The molecule has 1 aliphatic rings. The molecule has 0 aromatic heterocycles. The van der Waals surface area contributed by atoms with E-state index in [9.17, 15) is 4.79 Å². The first kappa shape index (κ1) is 12.1. The highest BCUT2D eigenvalue weighted by atomic mass is 16.1. The highest BCUT2D eigenvalue weighted by molar-refractivity contribution is 5.79. The summed E-state index contributed by atoms with van der Waals surface area (Å²) < 4.78 is 0.